The molecule has 3 rings (SSSR count). The minimum Gasteiger partial charge on any atom is -0.484 e. The lowest BCUT2D eigenvalue weighted by Gasteiger charge is -2.18. The molecule has 3 aromatic rings. The van der Waals surface area contributed by atoms with Gasteiger partial charge in [-0.2, -0.15) is 0 Å². The van der Waals surface area contributed by atoms with Gasteiger partial charge < -0.3 is 19.5 Å². The molecule has 0 radical (unpaired) electrons. The summed E-state index contributed by atoms with van der Waals surface area (Å²) in [4.78, 5) is 28.7. The Kier molecular flexibility index (Phi) is 8.47. The van der Waals surface area contributed by atoms with E-state index in [1.165, 1.54) is 23.5 Å². The van der Waals surface area contributed by atoms with Gasteiger partial charge in [0.2, 0.25) is 0 Å². The van der Waals surface area contributed by atoms with Gasteiger partial charge in [0, 0.05) is 11.8 Å². The fourth-order valence-electron chi connectivity index (χ4n) is 2.94. The largest absolute Gasteiger partial charge is 0.573 e. The van der Waals surface area contributed by atoms with Crippen molar-refractivity contribution in [3.8, 4) is 11.5 Å². The van der Waals surface area contributed by atoms with Crippen molar-refractivity contribution in [1.82, 2.24) is 10.3 Å². The lowest BCUT2D eigenvalue weighted by Crippen LogP contribution is -2.33. The number of halogens is 3. The molecule has 1 atom stereocenters. The first-order valence-corrected chi connectivity index (χ1v) is 11.1. The van der Waals surface area contributed by atoms with Crippen LogP contribution in [-0.2, 0) is 16.0 Å². The molecular weight excluding hydrogens is 473 g/mol. The number of hydrogen-bond acceptors (Lipinski definition) is 7. The zero-order chi connectivity index (χ0) is 24.6. The Morgan fingerprint density at radius 3 is 2.38 bits per heavy atom. The van der Waals surface area contributed by atoms with E-state index in [1.807, 2.05) is 30.3 Å². The second-order valence-corrected chi connectivity index (χ2v) is 7.83. The van der Waals surface area contributed by atoms with E-state index in [9.17, 15) is 22.8 Å². The summed E-state index contributed by atoms with van der Waals surface area (Å²) < 4.78 is 50.9. The Morgan fingerprint density at radius 2 is 1.74 bits per heavy atom. The normalized spacial score (nSPS) is 12.0. The first kappa shape index (κ1) is 25.0. The van der Waals surface area contributed by atoms with Crippen molar-refractivity contribution < 1.29 is 37.0 Å². The highest BCUT2D eigenvalue weighted by Crippen LogP contribution is 2.25. The van der Waals surface area contributed by atoms with Gasteiger partial charge in [0.1, 0.15) is 11.5 Å². The average Bonchev–Trinajstić information content (AvgIpc) is 3.27. The Bertz CT molecular complexity index is 1090. The van der Waals surface area contributed by atoms with Crippen LogP contribution in [0.1, 0.15) is 34.0 Å². The van der Waals surface area contributed by atoms with E-state index in [2.05, 4.69) is 15.0 Å². The molecule has 0 saturated carbocycles. The van der Waals surface area contributed by atoms with Gasteiger partial charge in [0.15, 0.2) is 12.3 Å². The van der Waals surface area contributed by atoms with Crippen LogP contribution in [0.5, 0.6) is 11.5 Å². The lowest BCUT2D eigenvalue weighted by atomic mass is 10.0. The number of carbonyl (C=O) groups excluding carboxylic acids is 2. The highest BCUT2D eigenvalue weighted by molar-refractivity contribution is 7.09. The molecular formula is C23H21F3N2O5S. The topological polar surface area (TPSA) is 86.8 Å². The van der Waals surface area contributed by atoms with Crippen LogP contribution < -0.4 is 14.8 Å². The van der Waals surface area contributed by atoms with Crippen LogP contribution in [0.2, 0.25) is 0 Å². The van der Waals surface area contributed by atoms with E-state index >= 15 is 0 Å². The third kappa shape index (κ3) is 7.77. The van der Waals surface area contributed by atoms with Crippen LogP contribution in [-0.4, -0.2) is 36.4 Å². The summed E-state index contributed by atoms with van der Waals surface area (Å²) in [6.07, 6.45) is -4.45. The van der Waals surface area contributed by atoms with E-state index in [-0.39, 0.29) is 30.4 Å². The quantitative estimate of drug-likeness (QED) is 0.412. The molecule has 2 aromatic carbocycles. The standard InChI is InChI=1S/C23H21F3N2O5S/c1-2-31-22(30)19-14-34-21(28-19)12-18(15-6-4-3-5-7-15)27-20(29)13-32-16-8-10-17(11-9-16)33-23(24,25)26/h3-11,14,18H,2,12-13H2,1H3,(H,27,29). The van der Waals surface area contributed by atoms with E-state index in [1.54, 1.807) is 12.3 Å². The van der Waals surface area contributed by atoms with Crippen LogP contribution in [0, 0.1) is 0 Å². The van der Waals surface area contributed by atoms with Gasteiger partial charge >= 0.3 is 12.3 Å². The zero-order valence-electron chi connectivity index (χ0n) is 18.0. The van der Waals surface area contributed by atoms with Crippen molar-refractivity contribution in [2.75, 3.05) is 13.2 Å². The molecule has 7 nitrogen and oxygen atoms in total. The van der Waals surface area contributed by atoms with E-state index in [0.717, 1.165) is 17.7 Å². The Morgan fingerprint density at radius 1 is 1.06 bits per heavy atom. The summed E-state index contributed by atoms with van der Waals surface area (Å²) in [5.74, 6) is -1.13. The van der Waals surface area contributed by atoms with Crippen LogP contribution in [0.25, 0.3) is 0 Å². The van der Waals surface area contributed by atoms with Crippen LogP contribution in [0.4, 0.5) is 13.2 Å². The molecule has 0 aliphatic rings. The SMILES string of the molecule is CCOC(=O)c1csc(CC(NC(=O)COc2ccc(OC(F)(F)F)cc2)c2ccccc2)n1. The second-order valence-electron chi connectivity index (χ2n) is 6.89. The maximum atomic E-state index is 12.5. The van der Waals surface area contributed by atoms with Gasteiger partial charge in [-0.05, 0) is 36.8 Å². The van der Waals surface area contributed by atoms with Crippen molar-refractivity contribution in [3.63, 3.8) is 0 Å². The van der Waals surface area contributed by atoms with Gasteiger partial charge in [0.25, 0.3) is 5.91 Å². The van der Waals surface area contributed by atoms with E-state index in [0.29, 0.717) is 11.4 Å². The summed E-state index contributed by atoms with van der Waals surface area (Å²) in [6, 6.07) is 13.5. The highest BCUT2D eigenvalue weighted by Gasteiger charge is 2.31. The van der Waals surface area contributed by atoms with Crippen LogP contribution in [0.15, 0.2) is 60.0 Å². The van der Waals surface area contributed by atoms with Crippen LogP contribution in [0.3, 0.4) is 0 Å². The first-order valence-electron chi connectivity index (χ1n) is 10.2. The van der Waals surface area contributed by atoms with Crippen molar-refractivity contribution in [2.45, 2.75) is 25.7 Å². The number of thiazole rings is 1. The van der Waals surface area contributed by atoms with Gasteiger partial charge in [-0.15, -0.1) is 24.5 Å². The van der Waals surface area contributed by atoms with Gasteiger partial charge in [-0.1, -0.05) is 30.3 Å². The van der Waals surface area contributed by atoms with Crippen molar-refractivity contribution >= 4 is 23.2 Å². The van der Waals surface area contributed by atoms with Crippen molar-refractivity contribution in [1.29, 1.82) is 0 Å². The highest BCUT2D eigenvalue weighted by atomic mass is 32.1. The number of carbonyl (C=O) groups is 2. The number of aromatic nitrogens is 1. The number of benzene rings is 2. The molecule has 0 spiro atoms. The molecule has 1 N–H and O–H groups in total. The molecule has 1 amide bonds. The number of nitrogens with zero attached hydrogens (tertiary/aromatic N) is 1. The molecule has 34 heavy (non-hydrogen) atoms. The van der Waals surface area contributed by atoms with Crippen molar-refractivity contribution in [3.05, 3.63) is 76.2 Å². The molecule has 0 fully saturated rings. The Hall–Kier alpha value is -3.60. The molecule has 1 unspecified atom stereocenters. The Labute approximate surface area is 197 Å². The summed E-state index contributed by atoms with van der Waals surface area (Å²) in [5, 5.41) is 5.11. The zero-order valence-corrected chi connectivity index (χ0v) is 18.8. The average molecular weight is 494 g/mol. The first-order chi connectivity index (χ1) is 16.2. The summed E-state index contributed by atoms with van der Waals surface area (Å²) in [5.41, 5.74) is 1.04. The maximum Gasteiger partial charge on any atom is 0.573 e. The third-order valence-electron chi connectivity index (χ3n) is 4.38. The van der Waals surface area contributed by atoms with Gasteiger partial charge in [-0.3, -0.25) is 4.79 Å². The summed E-state index contributed by atoms with van der Waals surface area (Å²) in [6.45, 7) is 1.60. The second kappa shape index (κ2) is 11.5. The minimum atomic E-state index is -4.79. The number of ether oxygens (including phenoxy) is 3. The smallest absolute Gasteiger partial charge is 0.484 e. The fourth-order valence-corrected chi connectivity index (χ4v) is 3.75. The van der Waals surface area contributed by atoms with Crippen LogP contribution >= 0.6 is 11.3 Å². The van der Waals surface area contributed by atoms with Gasteiger partial charge in [-0.25, -0.2) is 9.78 Å². The predicted molar refractivity (Wildman–Crippen MR) is 118 cm³/mol. The summed E-state index contributed by atoms with van der Waals surface area (Å²) in [7, 11) is 0. The molecule has 1 heterocycles. The number of alkyl halides is 3. The molecule has 0 saturated heterocycles. The van der Waals surface area contributed by atoms with E-state index < -0.39 is 24.3 Å². The Balaban J connectivity index is 1.62. The molecule has 0 aliphatic heterocycles. The van der Waals surface area contributed by atoms with Gasteiger partial charge in [0.05, 0.1) is 17.7 Å². The van der Waals surface area contributed by atoms with Crippen molar-refractivity contribution in [2.24, 2.45) is 0 Å². The molecule has 1 aromatic heterocycles. The molecule has 0 aliphatic carbocycles. The predicted octanol–water partition coefficient (Wildman–Crippen LogP) is 4.70. The number of rotatable bonds is 10. The number of esters is 1. The van der Waals surface area contributed by atoms with E-state index in [4.69, 9.17) is 9.47 Å². The maximum absolute atomic E-state index is 12.5. The lowest BCUT2D eigenvalue weighted by molar-refractivity contribution is -0.274. The number of amides is 1. The third-order valence-corrected chi connectivity index (χ3v) is 5.25. The monoisotopic (exact) mass is 494 g/mol. The number of nitrogens with one attached hydrogen (secondary N) is 1. The fraction of sp³-hybridized carbons (Fsp3) is 0.261. The molecule has 0 bridgehead atoms. The number of hydrogen-bond donors (Lipinski definition) is 1. The molecule has 180 valence electrons. The summed E-state index contributed by atoms with van der Waals surface area (Å²) >= 11 is 1.28. The molecule has 11 heteroatoms. The minimum absolute atomic E-state index is 0.208.